The van der Waals surface area contributed by atoms with Gasteiger partial charge < -0.3 is 15.2 Å². The lowest BCUT2D eigenvalue weighted by atomic mass is 10.1. The molecule has 20 heavy (non-hydrogen) atoms. The van der Waals surface area contributed by atoms with E-state index in [1.165, 1.54) is 0 Å². The number of carbonyl (C=O) groups excluding carboxylic acids is 2. The number of hydrogen-bond donors (Lipinski definition) is 3. The standard InChI is InChI=1S/C12H19N3O5/c16-10(14-12(19)13-8-1-2-8)6-15-3-4-20-7-9(15)5-11(17)18/h8-9H,1-7H2,(H,17,18)(H2,13,14,16,19). The zero-order valence-electron chi connectivity index (χ0n) is 11.1. The third-order valence-corrected chi connectivity index (χ3v) is 3.27. The highest BCUT2D eigenvalue weighted by atomic mass is 16.5. The monoisotopic (exact) mass is 285 g/mol. The van der Waals surface area contributed by atoms with Crippen LogP contribution in [0.15, 0.2) is 0 Å². The maximum Gasteiger partial charge on any atom is 0.321 e. The molecule has 1 heterocycles. The van der Waals surface area contributed by atoms with Crippen LogP contribution in [0.4, 0.5) is 4.79 Å². The lowest BCUT2D eigenvalue weighted by Gasteiger charge is -2.33. The van der Waals surface area contributed by atoms with Crippen LogP contribution in [0.1, 0.15) is 19.3 Å². The molecule has 1 saturated carbocycles. The van der Waals surface area contributed by atoms with E-state index in [4.69, 9.17) is 9.84 Å². The smallest absolute Gasteiger partial charge is 0.321 e. The SMILES string of the molecule is O=C(O)CC1COCCN1CC(=O)NC(=O)NC1CC1. The number of morpholine rings is 1. The van der Waals surface area contributed by atoms with Crippen molar-refractivity contribution in [2.24, 2.45) is 0 Å². The molecule has 0 aromatic heterocycles. The van der Waals surface area contributed by atoms with E-state index in [1.807, 2.05) is 0 Å². The number of amides is 3. The normalized spacial score (nSPS) is 23.1. The summed E-state index contributed by atoms with van der Waals surface area (Å²) < 4.78 is 5.22. The highest BCUT2D eigenvalue weighted by molar-refractivity contribution is 5.95. The van der Waals surface area contributed by atoms with Crippen LogP contribution < -0.4 is 10.6 Å². The summed E-state index contributed by atoms with van der Waals surface area (Å²) >= 11 is 0. The lowest BCUT2D eigenvalue weighted by molar-refractivity contribution is -0.141. The van der Waals surface area contributed by atoms with Gasteiger partial charge in [-0.05, 0) is 12.8 Å². The summed E-state index contributed by atoms with van der Waals surface area (Å²) in [4.78, 5) is 35.7. The minimum Gasteiger partial charge on any atom is -0.481 e. The van der Waals surface area contributed by atoms with E-state index in [-0.39, 0.29) is 31.7 Å². The Bertz CT molecular complexity index is 397. The minimum absolute atomic E-state index is 0.000602. The molecule has 0 aromatic rings. The third-order valence-electron chi connectivity index (χ3n) is 3.27. The summed E-state index contributed by atoms with van der Waals surface area (Å²) in [5.41, 5.74) is 0. The molecule has 2 fully saturated rings. The third kappa shape index (κ3) is 4.78. The van der Waals surface area contributed by atoms with Gasteiger partial charge >= 0.3 is 12.0 Å². The number of aliphatic carboxylic acids is 1. The molecular weight excluding hydrogens is 266 g/mol. The molecule has 1 atom stereocenters. The molecule has 8 nitrogen and oxygen atoms in total. The van der Waals surface area contributed by atoms with Gasteiger partial charge in [0.05, 0.1) is 26.2 Å². The van der Waals surface area contributed by atoms with Crippen LogP contribution in [0.2, 0.25) is 0 Å². The van der Waals surface area contributed by atoms with Crippen molar-refractivity contribution in [1.29, 1.82) is 0 Å². The van der Waals surface area contributed by atoms with Crippen molar-refractivity contribution in [3.8, 4) is 0 Å². The van der Waals surface area contributed by atoms with E-state index in [0.29, 0.717) is 13.2 Å². The molecule has 1 unspecified atom stereocenters. The number of rotatable bonds is 5. The fourth-order valence-corrected chi connectivity index (χ4v) is 2.09. The Kier molecular flexibility index (Phi) is 4.91. The molecular formula is C12H19N3O5. The van der Waals surface area contributed by atoms with Crippen LogP contribution in [0.25, 0.3) is 0 Å². The number of urea groups is 1. The van der Waals surface area contributed by atoms with Gasteiger partial charge in [0.1, 0.15) is 0 Å². The maximum absolute atomic E-state index is 11.8. The fourth-order valence-electron chi connectivity index (χ4n) is 2.09. The van der Waals surface area contributed by atoms with Gasteiger partial charge in [-0.2, -0.15) is 0 Å². The van der Waals surface area contributed by atoms with Gasteiger partial charge in [0.25, 0.3) is 0 Å². The molecule has 112 valence electrons. The summed E-state index contributed by atoms with van der Waals surface area (Å²) in [5.74, 6) is -1.36. The highest BCUT2D eigenvalue weighted by Gasteiger charge is 2.28. The van der Waals surface area contributed by atoms with Crippen LogP contribution in [-0.2, 0) is 14.3 Å². The van der Waals surface area contributed by atoms with Crippen molar-refractivity contribution in [2.75, 3.05) is 26.3 Å². The van der Waals surface area contributed by atoms with Crippen LogP contribution >= 0.6 is 0 Å². The molecule has 1 aliphatic heterocycles. The van der Waals surface area contributed by atoms with Gasteiger partial charge in [0.15, 0.2) is 0 Å². The minimum atomic E-state index is -0.933. The number of ether oxygens (including phenoxy) is 1. The molecule has 0 aromatic carbocycles. The van der Waals surface area contributed by atoms with Gasteiger partial charge in [0, 0.05) is 18.6 Å². The fraction of sp³-hybridized carbons (Fsp3) is 0.750. The number of nitrogens with zero attached hydrogens (tertiary/aromatic N) is 1. The number of imide groups is 1. The summed E-state index contributed by atoms with van der Waals surface area (Å²) in [6.07, 6.45) is 1.82. The number of carboxylic acids is 1. The van der Waals surface area contributed by atoms with E-state index in [0.717, 1.165) is 12.8 Å². The summed E-state index contributed by atoms with van der Waals surface area (Å²) in [5, 5.41) is 13.7. The number of carboxylic acid groups (broad SMARTS) is 1. The van der Waals surface area contributed by atoms with E-state index in [1.54, 1.807) is 4.90 Å². The van der Waals surface area contributed by atoms with Gasteiger partial charge in [-0.3, -0.25) is 19.8 Å². The summed E-state index contributed by atoms with van der Waals surface area (Å²) in [6, 6.07) is -0.634. The second-order valence-corrected chi connectivity index (χ2v) is 5.09. The Labute approximate surface area is 116 Å². The Morgan fingerprint density at radius 1 is 1.30 bits per heavy atom. The molecule has 2 rings (SSSR count). The topological polar surface area (TPSA) is 108 Å². The first kappa shape index (κ1) is 14.7. The largest absolute Gasteiger partial charge is 0.481 e. The molecule has 0 radical (unpaired) electrons. The van der Waals surface area contributed by atoms with Crippen molar-refractivity contribution in [1.82, 2.24) is 15.5 Å². The first-order chi connectivity index (χ1) is 9.54. The van der Waals surface area contributed by atoms with E-state index >= 15 is 0 Å². The zero-order chi connectivity index (χ0) is 14.5. The molecule has 2 aliphatic rings. The maximum atomic E-state index is 11.8. The Balaban J connectivity index is 1.77. The molecule has 1 saturated heterocycles. The van der Waals surface area contributed by atoms with E-state index < -0.39 is 17.9 Å². The van der Waals surface area contributed by atoms with Gasteiger partial charge in [-0.1, -0.05) is 0 Å². The van der Waals surface area contributed by atoms with Gasteiger partial charge in [0.2, 0.25) is 5.91 Å². The van der Waals surface area contributed by atoms with Crippen molar-refractivity contribution in [2.45, 2.75) is 31.3 Å². The number of carbonyl (C=O) groups is 3. The lowest BCUT2D eigenvalue weighted by Crippen LogP contribution is -2.52. The highest BCUT2D eigenvalue weighted by Crippen LogP contribution is 2.18. The molecule has 8 heteroatoms. The Morgan fingerprint density at radius 2 is 2.05 bits per heavy atom. The van der Waals surface area contributed by atoms with Crippen molar-refractivity contribution >= 4 is 17.9 Å². The predicted molar refractivity (Wildman–Crippen MR) is 68.1 cm³/mol. The van der Waals surface area contributed by atoms with Crippen LogP contribution in [0.5, 0.6) is 0 Å². The zero-order valence-corrected chi connectivity index (χ0v) is 11.1. The molecule has 1 aliphatic carbocycles. The van der Waals surface area contributed by atoms with E-state index in [2.05, 4.69) is 10.6 Å². The van der Waals surface area contributed by atoms with Gasteiger partial charge in [-0.25, -0.2) is 4.79 Å². The molecule has 0 spiro atoms. The summed E-state index contributed by atoms with van der Waals surface area (Å²) in [7, 11) is 0. The Hall–Kier alpha value is -1.67. The first-order valence-corrected chi connectivity index (χ1v) is 6.68. The van der Waals surface area contributed by atoms with Gasteiger partial charge in [-0.15, -0.1) is 0 Å². The second-order valence-electron chi connectivity index (χ2n) is 5.09. The Morgan fingerprint density at radius 3 is 2.70 bits per heavy atom. The van der Waals surface area contributed by atoms with Crippen LogP contribution in [-0.4, -0.2) is 66.3 Å². The molecule has 0 bridgehead atoms. The van der Waals surface area contributed by atoms with Crippen molar-refractivity contribution in [3.63, 3.8) is 0 Å². The second kappa shape index (κ2) is 6.67. The van der Waals surface area contributed by atoms with Crippen molar-refractivity contribution < 1.29 is 24.2 Å². The van der Waals surface area contributed by atoms with Crippen molar-refractivity contribution in [3.05, 3.63) is 0 Å². The average molecular weight is 285 g/mol. The quantitative estimate of drug-likeness (QED) is 0.607. The predicted octanol–water partition coefficient (Wildman–Crippen LogP) is -0.850. The van der Waals surface area contributed by atoms with E-state index in [9.17, 15) is 14.4 Å². The molecule has 3 N–H and O–H groups in total. The van der Waals surface area contributed by atoms with Crippen LogP contribution in [0.3, 0.4) is 0 Å². The first-order valence-electron chi connectivity index (χ1n) is 6.68. The molecule has 3 amide bonds. The van der Waals surface area contributed by atoms with Crippen LogP contribution in [0, 0.1) is 0 Å². The number of hydrogen-bond acceptors (Lipinski definition) is 5. The number of nitrogens with one attached hydrogen (secondary N) is 2. The summed E-state index contributed by atoms with van der Waals surface area (Å²) in [6.45, 7) is 1.22. The average Bonchev–Trinajstić information content (AvgIpc) is 3.14.